The van der Waals surface area contributed by atoms with Crippen molar-refractivity contribution in [2.75, 3.05) is 25.0 Å². The van der Waals surface area contributed by atoms with Gasteiger partial charge in [-0.25, -0.2) is 9.37 Å². The second-order valence-electron chi connectivity index (χ2n) is 8.43. The largest absolute Gasteiger partial charge is 0.342 e. The van der Waals surface area contributed by atoms with Crippen LogP contribution in [0.4, 0.5) is 10.3 Å². The topological polar surface area (TPSA) is 71.3 Å². The van der Waals surface area contributed by atoms with Gasteiger partial charge in [-0.3, -0.25) is 19.1 Å². The van der Waals surface area contributed by atoms with Gasteiger partial charge in [0, 0.05) is 62.9 Å². The Morgan fingerprint density at radius 3 is 2.48 bits per heavy atom. The molecule has 2 fully saturated rings. The molecule has 0 spiro atoms. The highest BCUT2D eigenvalue weighted by molar-refractivity contribution is 6.39. The van der Waals surface area contributed by atoms with Crippen LogP contribution >= 0.6 is 23.2 Å². The Bertz CT molecular complexity index is 1300. The molecule has 1 aliphatic carbocycles. The zero-order valence-corrected chi connectivity index (χ0v) is 19.4. The van der Waals surface area contributed by atoms with E-state index in [1.165, 1.54) is 22.9 Å². The van der Waals surface area contributed by atoms with Crippen LogP contribution in [0.5, 0.6) is 0 Å². The average molecular weight is 488 g/mol. The normalized spacial score (nSPS) is 21.1. The summed E-state index contributed by atoms with van der Waals surface area (Å²) in [7, 11) is 3.51. The van der Waals surface area contributed by atoms with Gasteiger partial charge < -0.3 is 9.80 Å². The highest BCUT2D eigenvalue weighted by Gasteiger charge is 2.59. The fraction of sp³-hybridized carbons (Fsp3) is 0.304. The smallest absolute Gasteiger partial charge is 0.256 e. The zero-order chi connectivity index (χ0) is 23.4. The summed E-state index contributed by atoms with van der Waals surface area (Å²) >= 11 is 12.4. The molecule has 5 rings (SSSR count). The summed E-state index contributed by atoms with van der Waals surface area (Å²) in [6.07, 6.45) is 2.56. The molecule has 0 unspecified atom stereocenters. The lowest BCUT2D eigenvalue weighted by atomic mass is 10.2. The van der Waals surface area contributed by atoms with Crippen molar-refractivity contribution in [1.29, 1.82) is 0 Å². The van der Waals surface area contributed by atoms with Crippen molar-refractivity contribution in [2.45, 2.75) is 6.04 Å². The van der Waals surface area contributed by atoms with E-state index in [0.717, 1.165) is 6.20 Å². The Hall–Kier alpha value is -2.97. The number of anilines is 1. The van der Waals surface area contributed by atoms with E-state index in [4.69, 9.17) is 23.2 Å². The number of hydrogen-bond donors (Lipinski definition) is 0. The number of pyridine rings is 1. The SMILES string of the molecule is CN(c1nc(-c2ccncc2F)cc(=O)n1C)[C@@H]1[C@@H]2CN(C(=O)c3c(Cl)cccc3Cl)C[C@@H]21. The average Bonchev–Trinajstić information content (AvgIpc) is 3.28. The molecule has 1 saturated heterocycles. The number of fused-ring (bicyclic) bond motifs is 1. The van der Waals surface area contributed by atoms with E-state index in [0.29, 0.717) is 34.6 Å². The first kappa shape index (κ1) is 21.9. The number of piperidine rings is 1. The second-order valence-corrected chi connectivity index (χ2v) is 9.24. The number of aromatic nitrogens is 3. The number of amides is 1. The van der Waals surface area contributed by atoms with Gasteiger partial charge in [0.15, 0.2) is 5.82 Å². The summed E-state index contributed by atoms with van der Waals surface area (Å²) in [5.41, 5.74) is 0.523. The van der Waals surface area contributed by atoms with Crippen LogP contribution in [-0.2, 0) is 7.05 Å². The lowest BCUT2D eigenvalue weighted by Crippen LogP contribution is -2.38. The number of nitrogens with zero attached hydrogens (tertiary/aromatic N) is 5. The maximum absolute atomic E-state index is 14.2. The van der Waals surface area contributed by atoms with Crippen LogP contribution in [0, 0.1) is 17.7 Å². The van der Waals surface area contributed by atoms with Gasteiger partial charge in [0.25, 0.3) is 11.5 Å². The van der Waals surface area contributed by atoms with Crippen LogP contribution in [0.1, 0.15) is 10.4 Å². The van der Waals surface area contributed by atoms with E-state index >= 15 is 0 Å². The predicted molar refractivity (Wildman–Crippen MR) is 124 cm³/mol. The molecule has 0 bridgehead atoms. The Balaban J connectivity index is 1.36. The minimum Gasteiger partial charge on any atom is -0.342 e. The predicted octanol–water partition coefficient (Wildman–Crippen LogP) is 3.50. The molecule has 3 atom stereocenters. The number of benzene rings is 1. The molecule has 33 heavy (non-hydrogen) atoms. The highest BCUT2D eigenvalue weighted by Crippen LogP contribution is 2.50. The van der Waals surface area contributed by atoms with Crippen molar-refractivity contribution in [3.63, 3.8) is 0 Å². The molecule has 2 aromatic heterocycles. The number of rotatable bonds is 4. The van der Waals surface area contributed by atoms with Gasteiger partial charge in [0.2, 0.25) is 5.95 Å². The molecule has 1 saturated carbocycles. The molecule has 2 aliphatic rings. The summed E-state index contributed by atoms with van der Waals surface area (Å²) in [5.74, 6) is 0.194. The monoisotopic (exact) mass is 487 g/mol. The first-order valence-electron chi connectivity index (χ1n) is 10.4. The third kappa shape index (κ3) is 3.67. The molecule has 0 radical (unpaired) electrons. The molecule has 10 heteroatoms. The third-order valence-electron chi connectivity index (χ3n) is 6.53. The zero-order valence-electron chi connectivity index (χ0n) is 17.9. The van der Waals surface area contributed by atoms with E-state index in [9.17, 15) is 14.0 Å². The Morgan fingerprint density at radius 2 is 1.85 bits per heavy atom. The van der Waals surface area contributed by atoms with Crippen LogP contribution in [0.15, 0.2) is 47.5 Å². The molecule has 1 aromatic carbocycles. The summed E-state index contributed by atoms with van der Waals surface area (Å²) < 4.78 is 15.7. The fourth-order valence-corrected chi connectivity index (χ4v) is 5.35. The van der Waals surface area contributed by atoms with Gasteiger partial charge in [-0.15, -0.1) is 0 Å². The van der Waals surface area contributed by atoms with E-state index in [1.807, 2.05) is 11.9 Å². The van der Waals surface area contributed by atoms with Crippen molar-refractivity contribution in [3.05, 3.63) is 74.5 Å². The minimum atomic E-state index is -0.539. The lowest BCUT2D eigenvalue weighted by molar-refractivity contribution is 0.0773. The Labute approximate surface area is 199 Å². The van der Waals surface area contributed by atoms with Gasteiger partial charge in [-0.2, -0.15) is 0 Å². The molecule has 1 aliphatic heterocycles. The molecular formula is C23H20Cl2FN5O2. The van der Waals surface area contributed by atoms with Crippen molar-refractivity contribution in [3.8, 4) is 11.3 Å². The Morgan fingerprint density at radius 1 is 1.18 bits per heavy atom. The molecule has 0 N–H and O–H groups in total. The van der Waals surface area contributed by atoms with Crippen LogP contribution in [0.25, 0.3) is 11.3 Å². The van der Waals surface area contributed by atoms with Gasteiger partial charge in [-0.05, 0) is 18.2 Å². The van der Waals surface area contributed by atoms with Crippen LogP contribution in [-0.4, -0.2) is 51.5 Å². The van der Waals surface area contributed by atoms with Gasteiger partial charge in [0.05, 0.1) is 27.5 Å². The van der Waals surface area contributed by atoms with Crippen molar-refractivity contribution < 1.29 is 9.18 Å². The van der Waals surface area contributed by atoms with E-state index < -0.39 is 5.82 Å². The van der Waals surface area contributed by atoms with Gasteiger partial charge in [0.1, 0.15) is 0 Å². The number of carbonyl (C=O) groups is 1. The summed E-state index contributed by atoms with van der Waals surface area (Å²) in [4.78, 5) is 37.6. The fourth-order valence-electron chi connectivity index (χ4n) is 4.79. The number of halogens is 3. The maximum Gasteiger partial charge on any atom is 0.256 e. The maximum atomic E-state index is 14.2. The van der Waals surface area contributed by atoms with Crippen LogP contribution in [0.3, 0.4) is 0 Å². The van der Waals surface area contributed by atoms with E-state index in [1.54, 1.807) is 30.1 Å². The van der Waals surface area contributed by atoms with Gasteiger partial charge >= 0.3 is 0 Å². The summed E-state index contributed by atoms with van der Waals surface area (Å²) in [6.45, 7) is 1.12. The standard InChI is InChI=1S/C23H20Cl2FN5O2/c1-29-19(32)8-18(12-6-7-27-9-17(12)26)28-23(29)30(2)21-13-10-31(11-14(13)21)22(33)20-15(24)4-3-5-16(20)25/h3-9,13-14,21H,10-11H2,1-2H3/t13-,14+,21-. The van der Waals surface area contributed by atoms with Gasteiger partial charge in [-0.1, -0.05) is 29.3 Å². The summed E-state index contributed by atoms with van der Waals surface area (Å²) in [5, 5.41) is 0.669. The molecule has 7 nitrogen and oxygen atoms in total. The molecule has 170 valence electrons. The van der Waals surface area contributed by atoms with Crippen LogP contribution in [0.2, 0.25) is 10.0 Å². The van der Waals surface area contributed by atoms with E-state index in [-0.39, 0.29) is 40.6 Å². The second kappa shape index (κ2) is 8.11. The summed E-state index contributed by atoms with van der Waals surface area (Å²) in [6, 6.07) is 7.94. The molecule has 3 aromatic rings. The first-order chi connectivity index (χ1) is 15.8. The van der Waals surface area contributed by atoms with Crippen molar-refractivity contribution >= 4 is 35.1 Å². The minimum absolute atomic E-state index is 0.117. The van der Waals surface area contributed by atoms with Crippen molar-refractivity contribution in [2.24, 2.45) is 18.9 Å². The van der Waals surface area contributed by atoms with Crippen molar-refractivity contribution in [1.82, 2.24) is 19.4 Å². The highest BCUT2D eigenvalue weighted by atomic mass is 35.5. The first-order valence-corrected chi connectivity index (χ1v) is 11.2. The molecule has 3 heterocycles. The Kier molecular flexibility index (Phi) is 5.37. The third-order valence-corrected chi connectivity index (χ3v) is 7.16. The number of hydrogen-bond acceptors (Lipinski definition) is 5. The number of carbonyl (C=O) groups excluding carboxylic acids is 1. The quantitative estimate of drug-likeness (QED) is 0.563. The van der Waals surface area contributed by atoms with E-state index in [2.05, 4.69) is 9.97 Å². The molecular weight excluding hydrogens is 468 g/mol. The lowest BCUT2D eigenvalue weighted by Gasteiger charge is -2.26. The van der Waals surface area contributed by atoms with Crippen LogP contribution < -0.4 is 10.5 Å². The molecule has 1 amide bonds. The number of likely N-dealkylation sites (tertiary alicyclic amines) is 1.